The average molecular weight is 251 g/mol. The van der Waals surface area contributed by atoms with Gasteiger partial charge in [-0.15, -0.1) is 0 Å². The first-order chi connectivity index (χ1) is 8.51. The highest BCUT2D eigenvalue weighted by Crippen LogP contribution is 2.33. The minimum atomic E-state index is -0.372. The first-order valence-corrected chi connectivity index (χ1v) is 6.00. The molecule has 1 aromatic rings. The summed E-state index contributed by atoms with van der Waals surface area (Å²) in [6.07, 6.45) is 0.865. The molecule has 0 heterocycles. The Morgan fingerprint density at radius 3 is 2.50 bits per heavy atom. The molecule has 0 saturated heterocycles. The number of aryl methyl sites for hydroxylation is 1. The van der Waals surface area contributed by atoms with Gasteiger partial charge in [0.05, 0.1) is 12.8 Å². The van der Waals surface area contributed by atoms with Crippen molar-refractivity contribution in [3.8, 4) is 5.75 Å². The van der Waals surface area contributed by atoms with Crippen LogP contribution in [0.5, 0.6) is 5.75 Å². The Morgan fingerprint density at radius 2 is 2.00 bits per heavy atom. The van der Waals surface area contributed by atoms with Crippen LogP contribution < -0.4 is 9.64 Å². The second-order valence-corrected chi connectivity index (χ2v) is 4.32. The smallest absolute Gasteiger partial charge is 0.343 e. The summed E-state index contributed by atoms with van der Waals surface area (Å²) in [7, 11) is 5.26. The number of rotatable bonds is 5. The van der Waals surface area contributed by atoms with Crippen molar-refractivity contribution in [2.24, 2.45) is 0 Å². The molecule has 0 aromatic heterocycles. The molecule has 1 rings (SSSR count). The topological polar surface area (TPSA) is 38.8 Å². The van der Waals surface area contributed by atoms with Crippen molar-refractivity contribution >= 4 is 11.7 Å². The molecule has 4 nitrogen and oxygen atoms in total. The van der Waals surface area contributed by atoms with Crippen LogP contribution in [0.2, 0.25) is 0 Å². The third-order valence-corrected chi connectivity index (χ3v) is 2.87. The van der Waals surface area contributed by atoms with Gasteiger partial charge < -0.3 is 14.4 Å². The number of carbonyl (C=O) groups excluding carboxylic acids is 1. The zero-order chi connectivity index (χ0) is 13.7. The molecule has 0 radical (unpaired) electrons. The Labute approximate surface area is 108 Å². The van der Waals surface area contributed by atoms with Gasteiger partial charge in [-0.2, -0.15) is 0 Å². The fourth-order valence-corrected chi connectivity index (χ4v) is 1.86. The van der Waals surface area contributed by atoms with Crippen LogP contribution in [0.4, 0.5) is 5.69 Å². The first kappa shape index (κ1) is 14.4. The van der Waals surface area contributed by atoms with Crippen LogP contribution in [0, 0.1) is 6.92 Å². The van der Waals surface area contributed by atoms with Gasteiger partial charge in [0, 0.05) is 14.1 Å². The largest absolute Gasteiger partial charge is 0.479 e. The summed E-state index contributed by atoms with van der Waals surface area (Å²) in [5, 5.41) is 0. The van der Waals surface area contributed by atoms with Crippen molar-refractivity contribution in [1.29, 1.82) is 0 Å². The fourth-order valence-electron chi connectivity index (χ4n) is 1.86. The maximum atomic E-state index is 11.2. The number of methoxy groups -OCH3 is 1. The lowest BCUT2D eigenvalue weighted by Gasteiger charge is -2.21. The summed E-state index contributed by atoms with van der Waals surface area (Å²) in [6.45, 7) is 4.06. The SMILES string of the molecule is CCc1c(C)ccc(N(C)C)c1OCC(=O)OC. The quantitative estimate of drug-likeness (QED) is 0.752. The van der Waals surface area contributed by atoms with E-state index in [1.165, 1.54) is 12.7 Å². The van der Waals surface area contributed by atoms with E-state index in [2.05, 4.69) is 17.7 Å². The molecule has 0 amide bonds. The van der Waals surface area contributed by atoms with E-state index in [0.717, 1.165) is 23.4 Å². The zero-order valence-electron chi connectivity index (χ0n) is 11.7. The Morgan fingerprint density at radius 1 is 1.33 bits per heavy atom. The Hall–Kier alpha value is -1.71. The van der Waals surface area contributed by atoms with Crippen LogP contribution in [-0.2, 0) is 16.0 Å². The van der Waals surface area contributed by atoms with E-state index < -0.39 is 0 Å². The van der Waals surface area contributed by atoms with E-state index in [4.69, 9.17) is 4.74 Å². The number of nitrogens with zero attached hydrogens (tertiary/aromatic N) is 1. The van der Waals surface area contributed by atoms with E-state index in [0.29, 0.717) is 0 Å². The average Bonchev–Trinajstić information content (AvgIpc) is 2.35. The van der Waals surface area contributed by atoms with E-state index in [1.807, 2.05) is 32.0 Å². The van der Waals surface area contributed by atoms with E-state index in [1.54, 1.807) is 0 Å². The molecule has 18 heavy (non-hydrogen) atoms. The van der Waals surface area contributed by atoms with Crippen LogP contribution in [0.15, 0.2) is 12.1 Å². The molecule has 0 bridgehead atoms. The third kappa shape index (κ3) is 3.15. The van der Waals surface area contributed by atoms with Gasteiger partial charge in [-0.1, -0.05) is 13.0 Å². The molecule has 4 heteroatoms. The van der Waals surface area contributed by atoms with Crippen LogP contribution in [0.1, 0.15) is 18.1 Å². The molecule has 1 aromatic carbocycles. The zero-order valence-corrected chi connectivity index (χ0v) is 11.7. The standard InChI is InChI=1S/C14H21NO3/c1-6-11-10(2)7-8-12(15(3)4)14(11)18-9-13(16)17-5/h7-8H,6,9H2,1-5H3. The highest BCUT2D eigenvalue weighted by Gasteiger charge is 2.14. The highest BCUT2D eigenvalue weighted by molar-refractivity contribution is 5.72. The molecule has 0 fully saturated rings. The number of carbonyl (C=O) groups is 1. The lowest BCUT2D eigenvalue weighted by Crippen LogP contribution is -2.17. The van der Waals surface area contributed by atoms with Gasteiger partial charge in [-0.05, 0) is 30.5 Å². The lowest BCUT2D eigenvalue weighted by atomic mass is 10.0. The maximum absolute atomic E-state index is 11.2. The summed E-state index contributed by atoms with van der Waals surface area (Å²) in [6, 6.07) is 4.07. The second-order valence-electron chi connectivity index (χ2n) is 4.32. The Bertz CT molecular complexity index is 427. The normalized spacial score (nSPS) is 10.1. The first-order valence-electron chi connectivity index (χ1n) is 6.00. The maximum Gasteiger partial charge on any atom is 0.343 e. The van der Waals surface area contributed by atoms with Crippen LogP contribution in [0.3, 0.4) is 0 Å². The van der Waals surface area contributed by atoms with Crippen molar-refractivity contribution < 1.29 is 14.3 Å². The Balaban J connectivity index is 3.11. The number of anilines is 1. The second kappa shape index (κ2) is 6.28. The molecule has 0 N–H and O–H groups in total. The van der Waals surface area contributed by atoms with Gasteiger partial charge in [-0.3, -0.25) is 0 Å². The molecule has 0 atom stereocenters. The minimum absolute atomic E-state index is 0.0617. The number of esters is 1. The third-order valence-electron chi connectivity index (χ3n) is 2.87. The summed E-state index contributed by atoms with van der Waals surface area (Å²) in [5.41, 5.74) is 3.27. The van der Waals surface area contributed by atoms with Gasteiger partial charge >= 0.3 is 5.97 Å². The van der Waals surface area contributed by atoms with Gasteiger partial charge in [0.1, 0.15) is 5.75 Å². The fraction of sp³-hybridized carbons (Fsp3) is 0.500. The summed E-state index contributed by atoms with van der Waals surface area (Å²) in [4.78, 5) is 13.2. The number of benzene rings is 1. The van der Waals surface area contributed by atoms with Crippen molar-refractivity contribution in [3.63, 3.8) is 0 Å². The van der Waals surface area contributed by atoms with Gasteiger partial charge in [0.2, 0.25) is 0 Å². The molecule has 0 aliphatic rings. The van der Waals surface area contributed by atoms with Gasteiger partial charge in [0.15, 0.2) is 6.61 Å². The predicted molar refractivity (Wildman–Crippen MR) is 72.4 cm³/mol. The van der Waals surface area contributed by atoms with E-state index in [9.17, 15) is 4.79 Å². The molecule has 0 unspecified atom stereocenters. The van der Waals surface area contributed by atoms with Crippen LogP contribution in [0.25, 0.3) is 0 Å². The Kier molecular flexibility index (Phi) is 5.01. The van der Waals surface area contributed by atoms with Crippen molar-refractivity contribution in [1.82, 2.24) is 0 Å². The van der Waals surface area contributed by atoms with Crippen molar-refractivity contribution in [2.75, 3.05) is 32.7 Å². The monoisotopic (exact) mass is 251 g/mol. The molecule has 0 aliphatic carbocycles. The number of ether oxygens (including phenoxy) is 2. The summed E-state index contributed by atoms with van der Waals surface area (Å²) >= 11 is 0. The molecule has 0 aliphatic heterocycles. The van der Waals surface area contributed by atoms with Crippen molar-refractivity contribution in [3.05, 3.63) is 23.3 Å². The highest BCUT2D eigenvalue weighted by atomic mass is 16.6. The summed E-state index contributed by atoms with van der Waals surface area (Å²) in [5.74, 6) is 0.399. The van der Waals surface area contributed by atoms with Crippen LogP contribution in [-0.4, -0.2) is 33.8 Å². The van der Waals surface area contributed by atoms with E-state index in [-0.39, 0.29) is 12.6 Å². The molecular weight excluding hydrogens is 230 g/mol. The number of hydrogen-bond donors (Lipinski definition) is 0. The lowest BCUT2D eigenvalue weighted by molar-refractivity contribution is -0.142. The number of hydrogen-bond acceptors (Lipinski definition) is 4. The minimum Gasteiger partial charge on any atom is -0.479 e. The summed E-state index contributed by atoms with van der Waals surface area (Å²) < 4.78 is 10.2. The van der Waals surface area contributed by atoms with Gasteiger partial charge in [0.25, 0.3) is 0 Å². The molecule has 100 valence electrons. The molecule has 0 saturated carbocycles. The molecule has 0 spiro atoms. The van der Waals surface area contributed by atoms with E-state index >= 15 is 0 Å². The van der Waals surface area contributed by atoms with Gasteiger partial charge in [-0.25, -0.2) is 4.79 Å². The van der Waals surface area contributed by atoms with Crippen LogP contribution >= 0.6 is 0 Å². The predicted octanol–water partition coefficient (Wildman–Crippen LogP) is 2.18. The van der Waals surface area contributed by atoms with Crippen molar-refractivity contribution in [2.45, 2.75) is 20.3 Å². The molecular formula is C14H21NO3.